The number of carbonyl (C=O) groups excluding carboxylic acids is 1. The van der Waals surface area contributed by atoms with Crippen LogP contribution in [0.2, 0.25) is 5.02 Å². The second kappa shape index (κ2) is 6.32. The Hall–Kier alpha value is -2.47. The van der Waals surface area contributed by atoms with Gasteiger partial charge in [-0.05, 0) is 18.2 Å². The van der Waals surface area contributed by atoms with Gasteiger partial charge in [0.05, 0.1) is 10.5 Å². The van der Waals surface area contributed by atoms with Crippen LogP contribution in [0.4, 0.5) is 10.1 Å². The van der Waals surface area contributed by atoms with Crippen LogP contribution in [0.25, 0.3) is 0 Å². The third-order valence-corrected chi connectivity index (χ3v) is 3.00. The summed E-state index contributed by atoms with van der Waals surface area (Å²) in [5.74, 6) is -1.22. The summed E-state index contributed by atoms with van der Waals surface area (Å²) in [5, 5.41) is 10.4. The third-order valence-electron chi connectivity index (χ3n) is 2.70. The maximum atomic E-state index is 13.4. The summed E-state index contributed by atoms with van der Waals surface area (Å²) < 4.78 is 18.3. The lowest BCUT2D eigenvalue weighted by molar-refractivity contribution is -0.384. The van der Waals surface area contributed by atoms with E-state index in [4.69, 9.17) is 16.3 Å². The van der Waals surface area contributed by atoms with E-state index in [0.29, 0.717) is 0 Å². The zero-order valence-electron chi connectivity index (χ0n) is 10.6. The van der Waals surface area contributed by atoms with Crippen LogP contribution < -0.4 is 0 Å². The third kappa shape index (κ3) is 3.55. The molecular weight excluding hydrogens is 301 g/mol. The van der Waals surface area contributed by atoms with Crippen molar-refractivity contribution in [3.05, 3.63) is 74.5 Å². The number of nitrogens with zero attached hydrogens (tertiary/aromatic N) is 1. The van der Waals surface area contributed by atoms with Crippen molar-refractivity contribution >= 4 is 23.3 Å². The fraction of sp³-hybridized carbons (Fsp3) is 0.0714. The normalized spacial score (nSPS) is 10.2. The van der Waals surface area contributed by atoms with Gasteiger partial charge >= 0.3 is 5.97 Å². The molecule has 2 aromatic carbocycles. The second-order valence-corrected chi connectivity index (χ2v) is 4.50. The highest BCUT2D eigenvalue weighted by molar-refractivity contribution is 6.33. The van der Waals surface area contributed by atoms with Gasteiger partial charge in [-0.15, -0.1) is 0 Å². The molecule has 7 heteroatoms. The summed E-state index contributed by atoms with van der Waals surface area (Å²) in [4.78, 5) is 21.7. The fourth-order valence-corrected chi connectivity index (χ4v) is 1.87. The van der Waals surface area contributed by atoms with Crippen molar-refractivity contribution in [3.8, 4) is 0 Å². The minimum Gasteiger partial charge on any atom is -0.457 e. The van der Waals surface area contributed by atoms with Gasteiger partial charge in [0.1, 0.15) is 17.4 Å². The number of hydrogen-bond acceptors (Lipinski definition) is 4. The Morgan fingerprint density at radius 2 is 2.00 bits per heavy atom. The molecule has 0 saturated heterocycles. The summed E-state index contributed by atoms with van der Waals surface area (Å²) in [6.45, 7) is -0.236. The summed E-state index contributed by atoms with van der Waals surface area (Å²) in [5.41, 5.74) is -0.0110. The van der Waals surface area contributed by atoms with Crippen molar-refractivity contribution in [1.82, 2.24) is 0 Å². The summed E-state index contributed by atoms with van der Waals surface area (Å²) >= 11 is 5.70. The summed E-state index contributed by atoms with van der Waals surface area (Å²) in [6.07, 6.45) is 0. The van der Waals surface area contributed by atoms with Gasteiger partial charge in [-0.1, -0.05) is 29.8 Å². The molecule has 21 heavy (non-hydrogen) atoms. The Labute approximate surface area is 124 Å². The number of nitro benzene ring substituents is 1. The number of benzene rings is 2. The molecule has 0 aliphatic carbocycles. The Morgan fingerprint density at radius 1 is 1.29 bits per heavy atom. The van der Waals surface area contributed by atoms with Gasteiger partial charge in [-0.2, -0.15) is 0 Å². The molecule has 5 nitrogen and oxygen atoms in total. The summed E-state index contributed by atoms with van der Waals surface area (Å²) in [6, 6.07) is 9.38. The minimum absolute atomic E-state index is 0.0574. The zero-order valence-corrected chi connectivity index (χ0v) is 11.3. The van der Waals surface area contributed by atoms with Crippen molar-refractivity contribution in [2.75, 3.05) is 0 Å². The van der Waals surface area contributed by atoms with E-state index in [1.165, 1.54) is 24.3 Å². The largest absolute Gasteiger partial charge is 0.457 e. The number of hydrogen-bond donors (Lipinski definition) is 0. The van der Waals surface area contributed by atoms with Crippen LogP contribution in [-0.2, 0) is 11.3 Å². The molecule has 0 N–H and O–H groups in total. The van der Waals surface area contributed by atoms with Crippen molar-refractivity contribution in [2.24, 2.45) is 0 Å². The molecule has 0 bridgehead atoms. The van der Waals surface area contributed by atoms with Crippen LogP contribution >= 0.6 is 11.6 Å². The molecule has 0 aliphatic heterocycles. The first kappa shape index (κ1) is 14.9. The first-order chi connectivity index (χ1) is 9.99. The van der Waals surface area contributed by atoms with E-state index >= 15 is 0 Å². The molecule has 0 spiro atoms. The van der Waals surface area contributed by atoms with E-state index in [2.05, 4.69) is 0 Å². The Bertz CT molecular complexity index is 705. The van der Waals surface area contributed by atoms with Crippen LogP contribution in [0.1, 0.15) is 15.9 Å². The molecule has 0 atom stereocenters. The van der Waals surface area contributed by atoms with E-state index in [0.717, 1.165) is 12.1 Å². The molecule has 2 aromatic rings. The molecule has 0 heterocycles. The molecule has 0 radical (unpaired) electrons. The zero-order chi connectivity index (χ0) is 15.4. The topological polar surface area (TPSA) is 69.4 Å². The number of esters is 1. The molecule has 108 valence electrons. The SMILES string of the molecule is O=C(OCc1ccccc1F)c1ccc([N+](=O)[O-])c(Cl)c1. The van der Waals surface area contributed by atoms with Crippen LogP contribution in [0.15, 0.2) is 42.5 Å². The minimum atomic E-state index is -0.741. The average Bonchev–Trinajstić information content (AvgIpc) is 2.45. The van der Waals surface area contributed by atoms with Gasteiger partial charge in [0.2, 0.25) is 0 Å². The molecule has 0 saturated carbocycles. The van der Waals surface area contributed by atoms with E-state index < -0.39 is 16.7 Å². The number of halogens is 2. The molecule has 0 unspecified atom stereocenters. The van der Waals surface area contributed by atoms with Crippen LogP contribution in [-0.4, -0.2) is 10.9 Å². The van der Waals surface area contributed by atoms with Gasteiger partial charge in [0.15, 0.2) is 0 Å². The lowest BCUT2D eigenvalue weighted by Gasteiger charge is -2.06. The summed E-state index contributed by atoms with van der Waals surface area (Å²) in [7, 11) is 0. The monoisotopic (exact) mass is 309 g/mol. The van der Waals surface area contributed by atoms with Gasteiger partial charge in [0, 0.05) is 11.6 Å². The van der Waals surface area contributed by atoms with E-state index in [1.54, 1.807) is 6.07 Å². The van der Waals surface area contributed by atoms with Crippen molar-refractivity contribution in [1.29, 1.82) is 0 Å². The van der Waals surface area contributed by atoms with Crippen molar-refractivity contribution in [3.63, 3.8) is 0 Å². The lowest BCUT2D eigenvalue weighted by Crippen LogP contribution is -2.06. The average molecular weight is 310 g/mol. The predicted octanol–water partition coefficient (Wildman–Crippen LogP) is 3.74. The lowest BCUT2D eigenvalue weighted by atomic mass is 10.2. The smallest absolute Gasteiger partial charge is 0.338 e. The fourth-order valence-electron chi connectivity index (χ4n) is 1.62. The van der Waals surface area contributed by atoms with Crippen LogP contribution in [0.5, 0.6) is 0 Å². The Kier molecular flexibility index (Phi) is 4.49. The molecule has 0 fully saturated rings. The Balaban J connectivity index is 2.09. The molecule has 2 rings (SSSR count). The van der Waals surface area contributed by atoms with E-state index in [1.807, 2.05) is 0 Å². The first-order valence-corrected chi connectivity index (χ1v) is 6.21. The Morgan fingerprint density at radius 3 is 2.62 bits per heavy atom. The molecule has 0 amide bonds. The number of nitro groups is 1. The molecule has 0 aromatic heterocycles. The van der Waals surface area contributed by atoms with Crippen molar-refractivity contribution in [2.45, 2.75) is 6.61 Å². The molecular formula is C14H9ClFNO4. The van der Waals surface area contributed by atoms with Gasteiger partial charge in [-0.25, -0.2) is 9.18 Å². The highest BCUT2D eigenvalue weighted by Gasteiger charge is 2.16. The van der Waals surface area contributed by atoms with Gasteiger partial charge in [0.25, 0.3) is 5.69 Å². The standard InChI is InChI=1S/C14H9ClFNO4/c15-11-7-9(5-6-13(11)17(19)20)14(18)21-8-10-3-1-2-4-12(10)16/h1-7H,8H2. The van der Waals surface area contributed by atoms with Gasteiger partial charge in [-0.3, -0.25) is 10.1 Å². The predicted molar refractivity (Wildman–Crippen MR) is 73.6 cm³/mol. The number of ether oxygens (including phenoxy) is 1. The highest BCUT2D eigenvalue weighted by Crippen LogP contribution is 2.25. The maximum Gasteiger partial charge on any atom is 0.338 e. The van der Waals surface area contributed by atoms with E-state index in [-0.39, 0.29) is 28.4 Å². The van der Waals surface area contributed by atoms with Crippen LogP contribution in [0.3, 0.4) is 0 Å². The molecule has 0 aliphatic rings. The second-order valence-electron chi connectivity index (χ2n) is 4.09. The highest BCUT2D eigenvalue weighted by atomic mass is 35.5. The van der Waals surface area contributed by atoms with E-state index in [9.17, 15) is 19.3 Å². The first-order valence-electron chi connectivity index (χ1n) is 5.83. The van der Waals surface area contributed by atoms with Gasteiger partial charge < -0.3 is 4.74 Å². The number of rotatable bonds is 4. The van der Waals surface area contributed by atoms with Crippen molar-refractivity contribution < 1.29 is 18.8 Å². The number of carbonyl (C=O) groups is 1. The van der Waals surface area contributed by atoms with Crippen LogP contribution in [0, 0.1) is 15.9 Å². The quantitative estimate of drug-likeness (QED) is 0.490. The maximum absolute atomic E-state index is 13.4.